The normalized spacial score (nSPS) is 9.41. The van der Waals surface area contributed by atoms with Crippen LogP contribution in [0.3, 0.4) is 0 Å². The monoisotopic (exact) mass is 225 g/mol. The summed E-state index contributed by atoms with van der Waals surface area (Å²) in [5, 5.41) is 11.8. The van der Waals surface area contributed by atoms with Gasteiger partial charge in [-0.15, -0.1) is 0 Å². The molecule has 2 rings (SSSR count). The second-order valence-corrected chi connectivity index (χ2v) is 3.37. The fourth-order valence-corrected chi connectivity index (χ4v) is 1.44. The maximum absolute atomic E-state index is 8.65. The zero-order chi connectivity index (χ0) is 12.1. The fourth-order valence-electron chi connectivity index (χ4n) is 1.44. The number of aromatic nitrogens is 1. The lowest BCUT2D eigenvalue weighted by Gasteiger charge is -2.10. The number of pyridine rings is 1. The van der Waals surface area contributed by atoms with E-state index in [4.69, 9.17) is 10.00 Å². The van der Waals surface area contributed by atoms with Crippen LogP contribution in [0.2, 0.25) is 0 Å². The number of rotatable bonds is 3. The molecule has 0 unspecified atom stereocenters. The van der Waals surface area contributed by atoms with Gasteiger partial charge in [-0.1, -0.05) is 12.1 Å². The fraction of sp³-hybridized carbons (Fsp3) is 0.0769. The molecule has 0 radical (unpaired) electrons. The Labute approximate surface area is 99.5 Å². The summed E-state index contributed by atoms with van der Waals surface area (Å²) < 4.78 is 5.23. The molecule has 1 aromatic carbocycles. The van der Waals surface area contributed by atoms with Crippen molar-refractivity contribution in [1.82, 2.24) is 4.98 Å². The van der Waals surface area contributed by atoms with Crippen LogP contribution in [-0.4, -0.2) is 12.1 Å². The van der Waals surface area contributed by atoms with Crippen molar-refractivity contribution in [3.8, 4) is 11.8 Å². The maximum atomic E-state index is 8.65. The number of hydrogen-bond donors (Lipinski definition) is 1. The van der Waals surface area contributed by atoms with Gasteiger partial charge in [0.15, 0.2) is 0 Å². The van der Waals surface area contributed by atoms with Gasteiger partial charge in [0.1, 0.15) is 17.5 Å². The molecule has 0 aliphatic rings. The van der Waals surface area contributed by atoms with E-state index in [-0.39, 0.29) is 0 Å². The van der Waals surface area contributed by atoms with Crippen LogP contribution in [0.15, 0.2) is 42.6 Å². The Morgan fingerprint density at radius 2 is 2.06 bits per heavy atom. The average Bonchev–Trinajstić information content (AvgIpc) is 2.40. The Kier molecular flexibility index (Phi) is 3.22. The van der Waals surface area contributed by atoms with E-state index in [0.717, 1.165) is 17.1 Å². The predicted molar refractivity (Wildman–Crippen MR) is 65.2 cm³/mol. The molecule has 1 aromatic heterocycles. The lowest BCUT2D eigenvalue weighted by Crippen LogP contribution is -1.95. The van der Waals surface area contributed by atoms with E-state index in [0.29, 0.717) is 5.69 Å². The molecule has 0 aliphatic carbocycles. The van der Waals surface area contributed by atoms with Gasteiger partial charge in [0.2, 0.25) is 0 Å². The van der Waals surface area contributed by atoms with Crippen molar-refractivity contribution in [2.45, 2.75) is 0 Å². The smallest absolute Gasteiger partial charge is 0.142 e. The van der Waals surface area contributed by atoms with E-state index in [1.165, 1.54) is 0 Å². The molecule has 0 saturated heterocycles. The SMILES string of the molecule is COc1ccccc1Nc1ccc(C#N)nc1. The van der Waals surface area contributed by atoms with Gasteiger partial charge in [-0.3, -0.25) is 0 Å². The molecule has 0 saturated carbocycles. The summed E-state index contributed by atoms with van der Waals surface area (Å²) in [6.45, 7) is 0. The quantitative estimate of drug-likeness (QED) is 0.872. The Bertz CT molecular complexity index is 543. The van der Waals surface area contributed by atoms with Crippen LogP contribution in [0.25, 0.3) is 0 Å². The minimum Gasteiger partial charge on any atom is -0.495 e. The lowest BCUT2D eigenvalue weighted by atomic mass is 10.2. The summed E-state index contributed by atoms with van der Waals surface area (Å²) >= 11 is 0. The van der Waals surface area contributed by atoms with Crippen molar-refractivity contribution < 1.29 is 4.74 Å². The molecule has 0 amide bonds. The molecule has 17 heavy (non-hydrogen) atoms. The van der Waals surface area contributed by atoms with E-state index in [9.17, 15) is 0 Å². The molecule has 1 N–H and O–H groups in total. The Balaban J connectivity index is 2.22. The van der Waals surface area contributed by atoms with E-state index in [1.807, 2.05) is 30.3 Å². The van der Waals surface area contributed by atoms with Crippen LogP contribution in [0.4, 0.5) is 11.4 Å². The van der Waals surface area contributed by atoms with E-state index >= 15 is 0 Å². The van der Waals surface area contributed by atoms with Crippen molar-refractivity contribution in [2.75, 3.05) is 12.4 Å². The van der Waals surface area contributed by atoms with Crippen molar-refractivity contribution in [3.05, 3.63) is 48.3 Å². The topological polar surface area (TPSA) is 57.9 Å². The first-order valence-electron chi connectivity index (χ1n) is 5.09. The molecular formula is C13H11N3O. The third-order valence-electron chi connectivity index (χ3n) is 2.26. The number of benzene rings is 1. The molecule has 1 heterocycles. The van der Waals surface area contributed by atoms with Crippen LogP contribution in [0, 0.1) is 11.3 Å². The highest BCUT2D eigenvalue weighted by atomic mass is 16.5. The highest BCUT2D eigenvalue weighted by Crippen LogP contribution is 2.26. The maximum Gasteiger partial charge on any atom is 0.142 e. The van der Waals surface area contributed by atoms with Crippen molar-refractivity contribution in [3.63, 3.8) is 0 Å². The molecule has 0 fully saturated rings. The summed E-state index contributed by atoms with van der Waals surface area (Å²) in [7, 11) is 1.62. The standard InChI is InChI=1S/C13H11N3O/c1-17-13-5-3-2-4-12(13)16-11-7-6-10(8-14)15-9-11/h2-7,9,16H,1H3. The number of ether oxygens (including phenoxy) is 1. The largest absolute Gasteiger partial charge is 0.495 e. The van der Waals surface area contributed by atoms with Gasteiger partial charge in [0.05, 0.1) is 24.7 Å². The van der Waals surface area contributed by atoms with Crippen LogP contribution in [-0.2, 0) is 0 Å². The summed E-state index contributed by atoms with van der Waals surface area (Å²) in [4.78, 5) is 3.98. The van der Waals surface area contributed by atoms with Crippen LogP contribution >= 0.6 is 0 Å². The minimum absolute atomic E-state index is 0.399. The summed E-state index contributed by atoms with van der Waals surface area (Å²) in [6.07, 6.45) is 1.62. The van der Waals surface area contributed by atoms with Gasteiger partial charge in [-0.05, 0) is 24.3 Å². The molecule has 0 aliphatic heterocycles. The number of para-hydroxylation sites is 2. The molecular weight excluding hydrogens is 214 g/mol. The molecule has 0 atom stereocenters. The molecule has 4 heteroatoms. The van der Waals surface area contributed by atoms with Crippen molar-refractivity contribution >= 4 is 11.4 Å². The molecule has 0 bridgehead atoms. The predicted octanol–water partition coefficient (Wildman–Crippen LogP) is 2.71. The average molecular weight is 225 g/mol. The van der Waals surface area contributed by atoms with Crippen LogP contribution in [0.5, 0.6) is 5.75 Å². The van der Waals surface area contributed by atoms with Gasteiger partial charge in [0, 0.05) is 0 Å². The second kappa shape index (κ2) is 4.99. The van der Waals surface area contributed by atoms with Gasteiger partial charge in [0.25, 0.3) is 0 Å². The molecule has 4 nitrogen and oxygen atoms in total. The highest BCUT2D eigenvalue weighted by Gasteiger charge is 2.01. The number of anilines is 2. The first-order chi connectivity index (χ1) is 8.33. The van der Waals surface area contributed by atoms with Crippen LogP contribution in [0.1, 0.15) is 5.69 Å². The number of nitrogens with zero attached hydrogens (tertiary/aromatic N) is 2. The number of hydrogen-bond acceptors (Lipinski definition) is 4. The highest BCUT2D eigenvalue weighted by molar-refractivity contribution is 5.65. The molecule has 0 spiro atoms. The first kappa shape index (κ1) is 11.0. The van der Waals surface area contributed by atoms with E-state index in [1.54, 1.807) is 25.4 Å². The lowest BCUT2D eigenvalue weighted by molar-refractivity contribution is 0.417. The number of nitriles is 1. The van der Waals surface area contributed by atoms with Gasteiger partial charge >= 0.3 is 0 Å². The number of nitrogens with one attached hydrogen (secondary N) is 1. The van der Waals surface area contributed by atoms with E-state index in [2.05, 4.69) is 10.3 Å². The van der Waals surface area contributed by atoms with E-state index < -0.39 is 0 Å². The third-order valence-corrected chi connectivity index (χ3v) is 2.26. The second-order valence-electron chi connectivity index (χ2n) is 3.37. The summed E-state index contributed by atoms with van der Waals surface area (Å²) in [5.74, 6) is 0.761. The Hall–Kier alpha value is -2.54. The number of methoxy groups -OCH3 is 1. The van der Waals surface area contributed by atoms with Gasteiger partial charge < -0.3 is 10.1 Å². The van der Waals surface area contributed by atoms with Gasteiger partial charge in [-0.25, -0.2) is 4.98 Å². The summed E-state index contributed by atoms with van der Waals surface area (Å²) in [5.41, 5.74) is 2.07. The van der Waals surface area contributed by atoms with Crippen molar-refractivity contribution in [2.24, 2.45) is 0 Å². The minimum atomic E-state index is 0.399. The van der Waals surface area contributed by atoms with Crippen molar-refractivity contribution in [1.29, 1.82) is 5.26 Å². The van der Waals surface area contributed by atoms with Crippen LogP contribution < -0.4 is 10.1 Å². The third kappa shape index (κ3) is 2.52. The summed E-state index contributed by atoms with van der Waals surface area (Å²) in [6, 6.07) is 13.1. The Morgan fingerprint density at radius 1 is 1.24 bits per heavy atom. The molecule has 84 valence electrons. The zero-order valence-electron chi connectivity index (χ0n) is 9.34. The Morgan fingerprint density at radius 3 is 2.71 bits per heavy atom. The first-order valence-corrected chi connectivity index (χ1v) is 5.09. The molecule has 2 aromatic rings. The van der Waals surface area contributed by atoms with Gasteiger partial charge in [-0.2, -0.15) is 5.26 Å². The zero-order valence-corrected chi connectivity index (χ0v) is 9.34.